The number of nitrogens with one attached hydrogen (secondary N) is 1. The molecule has 184 valence electrons. The number of anilines is 1. The average molecular weight is 499 g/mol. The van der Waals surface area contributed by atoms with Crippen molar-refractivity contribution >= 4 is 39.5 Å². The molecule has 6 rings (SSSR count). The van der Waals surface area contributed by atoms with E-state index >= 15 is 0 Å². The van der Waals surface area contributed by atoms with E-state index in [-0.39, 0.29) is 0 Å². The van der Waals surface area contributed by atoms with E-state index in [4.69, 9.17) is 4.42 Å². The van der Waals surface area contributed by atoms with Gasteiger partial charge in [-0.15, -0.1) is 10.2 Å². The van der Waals surface area contributed by atoms with Crippen molar-refractivity contribution in [3.8, 4) is 11.4 Å². The molecule has 8 heteroatoms. The summed E-state index contributed by atoms with van der Waals surface area (Å²) < 4.78 is 7.84. The number of aromatic nitrogens is 5. The van der Waals surface area contributed by atoms with Crippen LogP contribution in [0.3, 0.4) is 0 Å². The molecule has 7 nitrogen and oxygen atoms in total. The lowest BCUT2D eigenvalue weighted by atomic mass is 9.97. The molecule has 1 aliphatic heterocycles. The van der Waals surface area contributed by atoms with E-state index in [9.17, 15) is 0 Å². The molecule has 0 amide bonds. The fourth-order valence-corrected chi connectivity index (χ4v) is 6.00. The molecule has 3 aromatic heterocycles. The fraction of sp³-hybridized carbons (Fsp3) is 0.357. The van der Waals surface area contributed by atoms with Gasteiger partial charge in [-0.25, -0.2) is 4.98 Å². The van der Waals surface area contributed by atoms with Crippen LogP contribution in [-0.2, 0) is 13.5 Å². The van der Waals surface area contributed by atoms with Crippen molar-refractivity contribution < 1.29 is 4.42 Å². The Kier molecular flexibility index (Phi) is 6.13. The van der Waals surface area contributed by atoms with Gasteiger partial charge in [0.1, 0.15) is 5.52 Å². The van der Waals surface area contributed by atoms with Crippen molar-refractivity contribution in [3.63, 3.8) is 0 Å². The Balaban J connectivity index is 1.06. The van der Waals surface area contributed by atoms with Gasteiger partial charge in [0, 0.05) is 48.6 Å². The van der Waals surface area contributed by atoms with E-state index in [2.05, 4.69) is 61.4 Å². The van der Waals surface area contributed by atoms with Crippen molar-refractivity contribution in [1.82, 2.24) is 24.7 Å². The van der Waals surface area contributed by atoms with Crippen molar-refractivity contribution in [2.75, 3.05) is 17.6 Å². The Morgan fingerprint density at radius 2 is 2.00 bits per heavy atom. The minimum Gasteiger partial charge on any atom is -0.441 e. The summed E-state index contributed by atoms with van der Waals surface area (Å²) in [7, 11) is 2.05. The van der Waals surface area contributed by atoms with E-state index in [0.717, 1.165) is 75.3 Å². The lowest BCUT2D eigenvalue weighted by molar-refractivity contribution is 0.476. The van der Waals surface area contributed by atoms with Crippen LogP contribution in [0.4, 0.5) is 5.69 Å². The molecular weight excluding hydrogens is 468 g/mol. The van der Waals surface area contributed by atoms with Crippen LogP contribution in [0.1, 0.15) is 36.4 Å². The fourth-order valence-electron chi connectivity index (χ4n) is 5.13. The first-order valence-electron chi connectivity index (χ1n) is 12.6. The highest BCUT2D eigenvalue weighted by molar-refractivity contribution is 7.99. The minimum atomic E-state index is 0.653. The molecule has 1 unspecified atom stereocenters. The highest BCUT2D eigenvalue weighted by Gasteiger charge is 2.19. The van der Waals surface area contributed by atoms with E-state index in [1.54, 1.807) is 11.8 Å². The van der Waals surface area contributed by atoms with Gasteiger partial charge in [-0.1, -0.05) is 30.0 Å². The second kappa shape index (κ2) is 9.58. The summed E-state index contributed by atoms with van der Waals surface area (Å²) in [5.74, 6) is 3.29. The third-order valence-electron chi connectivity index (χ3n) is 7.06. The molecule has 0 saturated heterocycles. The van der Waals surface area contributed by atoms with Gasteiger partial charge in [0.15, 0.2) is 22.5 Å². The molecule has 0 fully saturated rings. The zero-order chi connectivity index (χ0) is 24.6. The van der Waals surface area contributed by atoms with Crippen LogP contribution in [0.5, 0.6) is 0 Å². The molecule has 36 heavy (non-hydrogen) atoms. The van der Waals surface area contributed by atoms with Gasteiger partial charge in [0.2, 0.25) is 0 Å². The maximum atomic E-state index is 5.73. The van der Waals surface area contributed by atoms with Crippen LogP contribution >= 0.6 is 11.8 Å². The number of pyridine rings is 1. The van der Waals surface area contributed by atoms with Crippen LogP contribution in [0.2, 0.25) is 0 Å². The monoisotopic (exact) mass is 498 g/mol. The summed E-state index contributed by atoms with van der Waals surface area (Å²) in [6, 6.07) is 14.7. The summed E-state index contributed by atoms with van der Waals surface area (Å²) in [4.78, 5) is 9.14. The zero-order valence-corrected chi connectivity index (χ0v) is 21.7. The Hall–Kier alpha value is -3.39. The molecule has 1 aliphatic rings. The quantitative estimate of drug-likeness (QED) is 0.216. The summed E-state index contributed by atoms with van der Waals surface area (Å²) in [6.07, 6.45) is 4.60. The van der Waals surface area contributed by atoms with Crippen LogP contribution < -0.4 is 5.32 Å². The number of hydrogen-bond acceptors (Lipinski definition) is 7. The molecule has 0 saturated carbocycles. The Morgan fingerprint density at radius 1 is 1.08 bits per heavy atom. The second-order valence-electron chi connectivity index (χ2n) is 9.68. The van der Waals surface area contributed by atoms with E-state index in [1.165, 1.54) is 24.1 Å². The van der Waals surface area contributed by atoms with E-state index in [1.807, 2.05) is 32.0 Å². The van der Waals surface area contributed by atoms with Gasteiger partial charge < -0.3 is 14.3 Å². The lowest BCUT2D eigenvalue weighted by Gasteiger charge is -2.14. The molecule has 0 bridgehead atoms. The first kappa shape index (κ1) is 23.0. The molecule has 0 spiro atoms. The zero-order valence-electron chi connectivity index (χ0n) is 20.9. The number of fused-ring (bicyclic) bond motifs is 3. The summed E-state index contributed by atoms with van der Waals surface area (Å²) in [6.45, 7) is 4.92. The van der Waals surface area contributed by atoms with Crippen LogP contribution in [0, 0.1) is 19.8 Å². The molecule has 0 radical (unpaired) electrons. The number of rotatable bonds is 6. The third-order valence-corrected chi connectivity index (χ3v) is 8.16. The third kappa shape index (κ3) is 4.46. The normalized spacial score (nSPS) is 15.7. The topological polar surface area (TPSA) is 81.7 Å². The molecule has 2 aromatic carbocycles. The highest BCUT2D eigenvalue weighted by atomic mass is 32.2. The summed E-state index contributed by atoms with van der Waals surface area (Å²) in [5.41, 5.74) is 7.45. The van der Waals surface area contributed by atoms with Crippen LogP contribution in [0.15, 0.2) is 52.0 Å². The van der Waals surface area contributed by atoms with Gasteiger partial charge in [-0.05, 0) is 68.4 Å². The molecule has 0 aliphatic carbocycles. The van der Waals surface area contributed by atoms with Gasteiger partial charge >= 0.3 is 0 Å². The van der Waals surface area contributed by atoms with Gasteiger partial charge in [-0.3, -0.25) is 4.98 Å². The van der Waals surface area contributed by atoms with E-state index < -0.39 is 0 Å². The number of aryl methyl sites for hydroxylation is 3. The average Bonchev–Trinajstić information content (AvgIpc) is 3.35. The largest absolute Gasteiger partial charge is 0.441 e. The minimum absolute atomic E-state index is 0.653. The van der Waals surface area contributed by atoms with Crippen molar-refractivity contribution in [3.05, 3.63) is 59.6 Å². The SMILES string of the molecule is Cc1ccc2c(-c3nnc(SCCCC4CCc5cc6oc(C)nc6cc5NC4)n3C)cccc2n1. The number of hydrogen-bond donors (Lipinski definition) is 1. The van der Waals surface area contributed by atoms with Crippen LogP contribution in [0.25, 0.3) is 33.4 Å². The summed E-state index contributed by atoms with van der Waals surface area (Å²) >= 11 is 1.79. The first-order valence-corrected chi connectivity index (χ1v) is 13.6. The maximum Gasteiger partial charge on any atom is 0.192 e. The highest BCUT2D eigenvalue weighted by Crippen LogP contribution is 2.32. The molecular formula is C28H30N6OS. The van der Waals surface area contributed by atoms with Crippen LogP contribution in [-0.4, -0.2) is 37.0 Å². The van der Waals surface area contributed by atoms with Gasteiger partial charge in [0.25, 0.3) is 0 Å². The van der Waals surface area contributed by atoms with Gasteiger partial charge in [-0.2, -0.15) is 0 Å². The number of thioether (sulfide) groups is 1. The summed E-state index contributed by atoms with van der Waals surface area (Å²) in [5, 5.41) is 14.8. The molecule has 1 N–H and O–H groups in total. The number of benzene rings is 2. The molecule has 4 heterocycles. The number of oxazole rings is 1. The lowest BCUT2D eigenvalue weighted by Crippen LogP contribution is -2.12. The second-order valence-corrected chi connectivity index (χ2v) is 10.7. The van der Waals surface area contributed by atoms with Gasteiger partial charge in [0.05, 0.1) is 5.52 Å². The van der Waals surface area contributed by atoms with Crippen molar-refractivity contribution in [2.45, 2.75) is 44.7 Å². The Morgan fingerprint density at radius 3 is 2.92 bits per heavy atom. The van der Waals surface area contributed by atoms with E-state index in [0.29, 0.717) is 5.92 Å². The van der Waals surface area contributed by atoms with Crippen molar-refractivity contribution in [2.24, 2.45) is 13.0 Å². The Bertz CT molecular complexity index is 1510. The predicted molar refractivity (Wildman–Crippen MR) is 145 cm³/mol. The smallest absolute Gasteiger partial charge is 0.192 e. The first-order chi connectivity index (χ1) is 17.5. The molecule has 1 atom stereocenters. The van der Waals surface area contributed by atoms with Crippen molar-refractivity contribution in [1.29, 1.82) is 0 Å². The molecule has 5 aromatic rings. The maximum absolute atomic E-state index is 5.73. The number of nitrogens with zero attached hydrogens (tertiary/aromatic N) is 5. The predicted octanol–water partition coefficient (Wildman–Crippen LogP) is 6.34. The Labute approximate surface area is 214 Å². The standard InChI is InChI=1S/C28H30N6OS/c1-17-9-12-21-22(7-4-8-23(21)30-17)27-32-33-28(34(27)3)36-13-5-6-19-10-11-20-14-26-25(31-18(2)35-26)15-24(20)29-16-19/h4,7-9,12,14-15,19,29H,5-6,10-11,13,16H2,1-3H3.